The van der Waals surface area contributed by atoms with E-state index in [2.05, 4.69) is 29.0 Å². The Morgan fingerprint density at radius 3 is 2.63 bits per heavy atom. The highest BCUT2D eigenvalue weighted by atomic mass is 35.5. The summed E-state index contributed by atoms with van der Waals surface area (Å²) in [6.45, 7) is 3.53. The van der Waals surface area contributed by atoms with Crippen LogP contribution in [0.1, 0.15) is 18.0 Å². The summed E-state index contributed by atoms with van der Waals surface area (Å²) < 4.78 is 0. The SMILES string of the molecule is CN1CCN(CCC(=O)O)C(c2ccccc2)C1.Cl. The molecule has 19 heavy (non-hydrogen) atoms. The number of piperazine rings is 1. The Morgan fingerprint density at radius 2 is 2.00 bits per heavy atom. The van der Waals surface area contributed by atoms with Crippen LogP contribution in [-0.4, -0.2) is 54.1 Å². The van der Waals surface area contributed by atoms with Gasteiger partial charge in [-0.3, -0.25) is 9.69 Å². The van der Waals surface area contributed by atoms with Crippen LogP contribution in [0.3, 0.4) is 0 Å². The highest BCUT2D eigenvalue weighted by Gasteiger charge is 2.26. The molecular weight excluding hydrogens is 264 g/mol. The first kappa shape index (κ1) is 16.0. The van der Waals surface area contributed by atoms with Crippen LogP contribution in [0.15, 0.2) is 30.3 Å². The first-order valence-electron chi connectivity index (χ1n) is 6.36. The van der Waals surface area contributed by atoms with E-state index in [9.17, 15) is 4.79 Å². The number of likely N-dealkylation sites (N-methyl/N-ethyl adjacent to an activating group) is 1. The second-order valence-electron chi connectivity index (χ2n) is 4.87. The van der Waals surface area contributed by atoms with E-state index in [1.165, 1.54) is 5.56 Å². The van der Waals surface area contributed by atoms with Crippen molar-refractivity contribution in [1.29, 1.82) is 0 Å². The summed E-state index contributed by atoms with van der Waals surface area (Å²) in [6, 6.07) is 10.6. The Kier molecular flexibility index (Phi) is 6.28. The predicted molar refractivity (Wildman–Crippen MR) is 77.8 cm³/mol. The Balaban J connectivity index is 0.00000180. The molecule has 4 nitrogen and oxygen atoms in total. The van der Waals surface area contributed by atoms with Gasteiger partial charge in [0.1, 0.15) is 0 Å². The van der Waals surface area contributed by atoms with Crippen LogP contribution < -0.4 is 0 Å². The minimum absolute atomic E-state index is 0. The van der Waals surface area contributed by atoms with Gasteiger partial charge in [0.2, 0.25) is 0 Å². The molecule has 1 saturated heterocycles. The number of aliphatic carboxylic acids is 1. The van der Waals surface area contributed by atoms with Crippen LogP contribution in [0.2, 0.25) is 0 Å². The third-order valence-electron chi connectivity index (χ3n) is 3.49. The maximum Gasteiger partial charge on any atom is 0.304 e. The summed E-state index contributed by atoms with van der Waals surface area (Å²) in [5.74, 6) is -0.722. The normalized spacial score (nSPS) is 20.8. The highest BCUT2D eigenvalue weighted by Crippen LogP contribution is 2.24. The molecule has 0 bridgehead atoms. The van der Waals surface area contributed by atoms with E-state index in [-0.39, 0.29) is 18.8 Å². The van der Waals surface area contributed by atoms with Crippen molar-refractivity contribution < 1.29 is 9.90 Å². The molecule has 5 heteroatoms. The fourth-order valence-corrected chi connectivity index (χ4v) is 2.46. The third-order valence-corrected chi connectivity index (χ3v) is 3.49. The third kappa shape index (κ3) is 4.49. The zero-order valence-electron chi connectivity index (χ0n) is 11.2. The van der Waals surface area contributed by atoms with Crippen LogP contribution >= 0.6 is 12.4 Å². The molecule has 1 aromatic carbocycles. The largest absolute Gasteiger partial charge is 0.481 e. The van der Waals surface area contributed by atoms with Crippen LogP contribution in [0, 0.1) is 0 Å². The number of nitrogens with zero attached hydrogens (tertiary/aromatic N) is 2. The van der Waals surface area contributed by atoms with Gasteiger partial charge in [-0.25, -0.2) is 0 Å². The van der Waals surface area contributed by atoms with Crippen LogP contribution in [0.5, 0.6) is 0 Å². The molecule has 1 atom stereocenters. The van der Waals surface area contributed by atoms with Crippen LogP contribution in [0.4, 0.5) is 0 Å². The molecule has 0 aromatic heterocycles. The Labute approximate surface area is 120 Å². The van der Waals surface area contributed by atoms with Crippen molar-refractivity contribution in [2.75, 3.05) is 33.2 Å². The lowest BCUT2D eigenvalue weighted by Gasteiger charge is -2.40. The summed E-state index contributed by atoms with van der Waals surface area (Å²) in [6.07, 6.45) is 0.215. The molecule has 0 amide bonds. The van der Waals surface area contributed by atoms with Crippen molar-refractivity contribution in [3.8, 4) is 0 Å². The lowest BCUT2D eigenvalue weighted by Crippen LogP contribution is -2.47. The van der Waals surface area contributed by atoms with Gasteiger partial charge < -0.3 is 10.0 Å². The zero-order chi connectivity index (χ0) is 13.0. The molecule has 1 aliphatic heterocycles. The first-order chi connectivity index (χ1) is 8.66. The van der Waals surface area contributed by atoms with Crippen LogP contribution in [-0.2, 0) is 4.79 Å². The summed E-state index contributed by atoms with van der Waals surface area (Å²) in [7, 11) is 2.12. The van der Waals surface area contributed by atoms with Gasteiger partial charge in [0.25, 0.3) is 0 Å². The van der Waals surface area contributed by atoms with E-state index in [0.29, 0.717) is 12.6 Å². The van der Waals surface area contributed by atoms with Crippen molar-refractivity contribution in [3.63, 3.8) is 0 Å². The first-order valence-corrected chi connectivity index (χ1v) is 6.36. The number of hydrogen-bond donors (Lipinski definition) is 1. The van der Waals surface area contributed by atoms with Crippen molar-refractivity contribution in [1.82, 2.24) is 9.80 Å². The lowest BCUT2D eigenvalue weighted by atomic mass is 10.0. The fourth-order valence-electron chi connectivity index (χ4n) is 2.46. The van der Waals surface area contributed by atoms with E-state index in [0.717, 1.165) is 19.6 Å². The number of benzene rings is 1. The van der Waals surface area contributed by atoms with E-state index in [1.807, 2.05) is 18.2 Å². The quantitative estimate of drug-likeness (QED) is 0.917. The van der Waals surface area contributed by atoms with Gasteiger partial charge in [0.15, 0.2) is 0 Å². The molecule has 1 aromatic rings. The number of hydrogen-bond acceptors (Lipinski definition) is 3. The minimum Gasteiger partial charge on any atom is -0.481 e. The second-order valence-corrected chi connectivity index (χ2v) is 4.87. The molecule has 0 spiro atoms. The molecule has 2 rings (SSSR count). The maximum atomic E-state index is 10.7. The lowest BCUT2D eigenvalue weighted by molar-refractivity contribution is -0.137. The molecule has 1 heterocycles. The molecule has 106 valence electrons. The average Bonchev–Trinajstić information content (AvgIpc) is 2.38. The van der Waals surface area contributed by atoms with Crippen molar-refractivity contribution >= 4 is 18.4 Å². The second kappa shape index (κ2) is 7.48. The highest BCUT2D eigenvalue weighted by molar-refractivity contribution is 5.85. The van der Waals surface area contributed by atoms with Crippen LogP contribution in [0.25, 0.3) is 0 Å². The Hall–Kier alpha value is -1.10. The molecule has 1 aliphatic rings. The number of halogens is 1. The molecular formula is C14H21ClN2O2. The standard InChI is InChI=1S/C14H20N2O2.ClH/c1-15-9-10-16(8-7-14(17)18)13(11-15)12-5-3-2-4-6-12;/h2-6,13H,7-11H2,1H3,(H,17,18);1H. The molecule has 1 unspecified atom stereocenters. The van der Waals surface area contributed by atoms with Crippen molar-refractivity contribution in [2.24, 2.45) is 0 Å². The molecule has 1 fully saturated rings. The minimum atomic E-state index is -0.722. The van der Waals surface area contributed by atoms with Gasteiger partial charge in [0.05, 0.1) is 6.42 Å². The molecule has 0 radical (unpaired) electrons. The number of carboxylic acids is 1. The molecule has 1 N–H and O–H groups in total. The monoisotopic (exact) mass is 284 g/mol. The molecule has 0 aliphatic carbocycles. The number of carbonyl (C=O) groups is 1. The van der Waals surface area contributed by atoms with Gasteiger partial charge >= 0.3 is 5.97 Å². The van der Waals surface area contributed by atoms with Crippen molar-refractivity contribution in [3.05, 3.63) is 35.9 Å². The average molecular weight is 285 g/mol. The van der Waals surface area contributed by atoms with Gasteiger partial charge in [-0.05, 0) is 12.6 Å². The zero-order valence-corrected chi connectivity index (χ0v) is 12.0. The summed E-state index contributed by atoms with van der Waals surface area (Å²) in [4.78, 5) is 15.3. The predicted octanol–water partition coefficient (Wildman–Crippen LogP) is 1.87. The smallest absolute Gasteiger partial charge is 0.304 e. The number of carboxylic acid groups (broad SMARTS) is 1. The molecule has 0 saturated carbocycles. The maximum absolute atomic E-state index is 10.7. The number of rotatable bonds is 4. The van der Waals surface area contributed by atoms with Gasteiger partial charge in [-0.1, -0.05) is 30.3 Å². The summed E-state index contributed by atoms with van der Waals surface area (Å²) in [5, 5.41) is 8.82. The van der Waals surface area contributed by atoms with E-state index >= 15 is 0 Å². The Bertz CT molecular complexity index is 400. The fraction of sp³-hybridized carbons (Fsp3) is 0.500. The topological polar surface area (TPSA) is 43.8 Å². The summed E-state index contributed by atoms with van der Waals surface area (Å²) in [5.41, 5.74) is 1.27. The van der Waals surface area contributed by atoms with E-state index in [1.54, 1.807) is 0 Å². The summed E-state index contributed by atoms with van der Waals surface area (Å²) >= 11 is 0. The van der Waals surface area contributed by atoms with Gasteiger partial charge in [-0.2, -0.15) is 0 Å². The van der Waals surface area contributed by atoms with E-state index in [4.69, 9.17) is 5.11 Å². The van der Waals surface area contributed by atoms with Gasteiger partial charge in [0, 0.05) is 32.2 Å². The van der Waals surface area contributed by atoms with Crippen molar-refractivity contribution in [2.45, 2.75) is 12.5 Å². The Morgan fingerprint density at radius 1 is 1.32 bits per heavy atom. The van der Waals surface area contributed by atoms with Gasteiger partial charge in [-0.15, -0.1) is 12.4 Å². The van der Waals surface area contributed by atoms with E-state index < -0.39 is 5.97 Å².